The van der Waals surface area contributed by atoms with Crippen LogP contribution in [0.25, 0.3) is 0 Å². The van der Waals surface area contributed by atoms with Crippen molar-refractivity contribution in [2.45, 2.75) is 10.6 Å². The van der Waals surface area contributed by atoms with Gasteiger partial charge in [0.05, 0.1) is 5.75 Å². The van der Waals surface area contributed by atoms with Crippen molar-refractivity contribution in [1.29, 1.82) is 0 Å². The zero-order valence-corrected chi connectivity index (χ0v) is 8.42. The van der Waals surface area contributed by atoms with Crippen molar-refractivity contribution < 1.29 is 0 Å². The first-order chi connectivity index (χ1) is 6.86. The number of aromatic nitrogens is 2. The van der Waals surface area contributed by atoms with Crippen LogP contribution in [0.4, 0.5) is 5.69 Å². The maximum absolute atomic E-state index is 5.81. The van der Waals surface area contributed by atoms with E-state index in [4.69, 9.17) is 5.73 Å². The molecule has 0 aliphatic heterocycles. The summed E-state index contributed by atoms with van der Waals surface area (Å²) in [6, 6.07) is 7.85. The highest BCUT2D eigenvalue weighted by atomic mass is 32.2. The lowest BCUT2D eigenvalue weighted by Crippen LogP contribution is -1.89. The van der Waals surface area contributed by atoms with Crippen LogP contribution in [0, 0.1) is 0 Å². The highest BCUT2D eigenvalue weighted by Crippen LogP contribution is 2.26. The van der Waals surface area contributed by atoms with Crippen molar-refractivity contribution in [3.8, 4) is 0 Å². The lowest BCUT2D eigenvalue weighted by molar-refractivity contribution is 1.12. The molecule has 2 rings (SSSR count). The molecule has 1 aromatic heterocycles. The number of para-hydroxylation sites is 1. The van der Waals surface area contributed by atoms with E-state index in [1.54, 1.807) is 18.0 Å². The number of thioether (sulfide) groups is 1. The summed E-state index contributed by atoms with van der Waals surface area (Å²) in [4.78, 5) is 8.30. The van der Waals surface area contributed by atoms with E-state index in [0.717, 1.165) is 22.2 Å². The topological polar surface area (TPSA) is 54.7 Å². The number of hydrogen-bond acceptors (Lipinski definition) is 3. The molecular weight excluding hydrogens is 194 g/mol. The molecule has 4 heteroatoms. The van der Waals surface area contributed by atoms with Gasteiger partial charge >= 0.3 is 0 Å². The van der Waals surface area contributed by atoms with Gasteiger partial charge in [0.1, 0.15) is 5.82 Å². The summed E-state index contributed by atoms with van der Waals surface area (Å²) in [5.41, 5.74) is 6.63. The van der Waals surface area contributed by atoms with E-state index in [-0.39, 0.29) is 0 Å². The molecule has 0 aliphatic carbocycles. The van der Waals surface area contributed by atoms with Crippen LogP contribution in [0.5, 0.6) is 0 Å². The molecule has 0 spiro atoms. The second-order valence-electron chi connectivity index (χ2n) is 2.86. The number of nitrogen functional groups attached to an aromatic ring is 1. The van der Waals surface area contributed by atoms with Crippen molar-refractivity contribution in [3.63, 3.8) is 0 Å². The van der Waals surface area contributed by atoms with E-state index in [1.807, 2.05) is 30.5 Å². The number of nitrogens with zero attached hydrogens (tertiary/aromatic N) is 1. The lowest BCUT2D eigenvalue weighted by atomic mass is 10.3. The normalized spacial score (nSPS) is 10.3. The minimum atomic E-state index is 0.821. The van der Waals surface area contributed by atoms with Gasteiger partial charge in [-0.15, -0.1) is 11.8 Å². The van der Waals surface area contributed by atoms with Crippen molar-refractivity contribution in [1.82, 2.24) is 9.97 Å². The van der Waals surface area contributed by atoms with Gasteiger partial charge in [0.15, 0.2) is 0 Å². The van der Waals surface area contributed by atoms with Gasteiger partial charge in [0.25, 0.3) is 0 Å². The van der Waals surface area contributed by atoms with E-state index < -0.39 is 0 Å². The Morgan fingerprint density at radius 1 is 1.36 bits per heavy atom. The molecule has 0 radical (unpaired) electrons. The predicted octanol–water partition coefficient (Wildman–Crippen LogP) is 2.28. The first-order valence-electron chi connectivity index (χ1n) is 4.32. The molecule has 2 aromatic rings. The SMILES string of the molecule is Nc1ccccc1SCc1ncc[nH]1. The summed E-state index contributed by atoms with van der Waals surface area (Å²) in [6.07, 6.45) is 3.58. The standard InChI is InChI=1S/C10H11N3S/c11-8-3-1-2-4-9(8)14-7-10-12-5-6-13-10/h1-6H,7,11H2,(H,12,13). The molecule has 1 heterocycles. The minimum Gasteiger partial charge on any atom is -0.398 e. The highest BCUT2D eigenvalue weighted by Gasteiger charge is 2.00. The van der Waals surface area contributed by atoms with Crippen LogP contribution in [0.3, 0.4) is 0 Å². The van der Waals surface area contributed by atoms with Gasteiger partial charge in [0.2, 0.25) is 0 Å². The number of nitrogens with one attached hydrogen (secondary N) is 1. The molecule has 0 fully saturated rings. The van der Waals surface area contributed by atoms with Crippen LogP contribution >= 0.6 is 11.8 Å². The van der Waals surface area contributed by atoms with Crippen LogP contribution in [-0.2, 0) is 5.75 Å². The first-order valence-corrected chi connectivity index (χ1v) is 5.30. The molecule has 14 heavy (non-hydrogen) atoms. The Morgan fingerprint density at radius 2 is 2.21 bits per heavy atom. The van der Waals surface area contributed by atoms with Crippen LogP contribution < -0.4 is 5.73 Å². The number of anilines is 1. The van der Waals surface area contributed by atoms with E-state index in [9.17, 15) is 0 Å². The van der Waals surface area contributed by atoms with E-state index >= 15 is 0 Å². The summed E-state index contributed by atoms with van der Waals surface area (Å²) in [5, 5.41) is 0. The van der Waals surface area contributed by atoms with Gasteiger partial charge < -0.3 is 10.7 Å². The third kappa shape index (κ3) is 2.09. The number of hydrogen-bond donors (Lipinski definition) is 2. The highest BCUT2D eigenvalue weighted by molar-refractivity contribution is 7.98. The maximum Gasteiger partial charge on any atom is 0.116 e. The monoisotopic (exact) mass is 205 g/mol. The average molecular weight is 205 g/mol. The third-order valence-corrected chi connectivity index (χ3v) is 2.94. The summed E-state index contributed by atoms with van der Waals surface area (Å²) in [5.74, 6) is 1.79. The quantitative estimate of drug-likeness (QED) is 0.597. The molecule has 3 N–H and O–H groups in total. The summed E-state index contributed by atoms with van der Waals surface area (Å²) < 4.78 is 0. The largest absolute Gasteiger partial charge is 0.398 e. The number of benzene rings is 1. The van der Waals surface area contributed by atoms with Gasteiger partial charge in [-0.05, 0) is 12.1 Å². The minimum absolute atomic E-state index is 0.821. The molecule has 1 aromatic carbocycles. The lowest BCUT2D eigenvalue weighted by Gasteiger charge is -2.02. The Hall–Kier alpha value is -1.42. The molecule has 0 saturated carbocycles. The summed E-state index contributed by atoms with van der Waals surface area (Å²) >= 11 is 1.69. The maximum atomic E-state index is 5.81. The van der Waals surface area contributed by atoms with E-state index in [2.05, 4.69) is 9.97 Å². The molecular formula is C10H11N3S. The molecule has 0 saturated heterocycles. The van der Waals surface area contributed by atoms with Gasteiger partial charge in [-0.2, -0.15) is 0 Å². The fraction of sp³-hybridized carbons (Fsp3) is 0.100. The van der Waals surface area contributed by atoms with Gasteiger partial charge in [-0.1, -0.05) is 12.1 Å². The van der Waals surface area contributed by atoms with Crippen molar-refractivity contribution >= 4 is 17.4 Å². The second-order valence-corrected chi connectivity index (χ2v) is 3.88. The fourth-order valence-corrected chi connectivity index (χ4v) is 1.99. The van der Waals surface area contributed by atoms with Crippen LogP contribution in [0.15, 0.2) is 41.6 Å². The Labute approximate surface area is 86.7 Å². The number of aromatic amines is 1. The molecule has 0 unspecified atom stereocenters. The molecule has 0 bridgehead atoms. The Kier molecular flexibility index (Phi) is 2.74. The molecule has 0 atom stereocenters. The third-order valence-electron chi connectivity index (χ3n) is 1.84. The summed E-state index contributed by atoms with van der Waals surface area (Å²) in [6.45, 7) is 0. The van der Waals surface area contributed by atoms with Crippen LogP contribution in [0.1, 0.15) is 5.82 Å². The predicted molar refractivity (Wildman–Crippen MR) is 59.0 cm³/mol. The van der Waals surface area contributed by atoms with E-state index in [0.29, 0.717) is 0 Å². The molecule has 72 valence electrons. The van der Waals surface area contributed by atoms with Crippen LogP contribution in [0.2, 0.25) is 0 Å². The molecule has 3 nitrogen and oxygen atoms in total. The number of nitrogens with two attached hydrogens (primary N) is 1. The number of imidazole rings is 1. The Balaban J connectivity index is 2.02. The van der Waals surface area contributed by atoms with E-state index in [1.165, 1.54) is 0 Å². The van der Waals surface area contributed by atoms with Gasteiger partial charge in [-0.3, -0.25) is 0 Å². The van der Waals surface area contributed by atoms with Crippen molar-refractivity contribution in [2.75, 3.05) is 5.73 Å². The van der Waals surface area contributed by atoms with Crippen molar-refractivity contribution in [3.05, 3.63) is 42.5 Å². The molecule has 0 aliphatic rings. The molecule has 0 amide bonds. The number of H-pyrrole nitrogens is 1. The average Bonchev–Trinajstić information content (AvgIpc) is 2.69. The smallest absolute Gasteiger partial charge is 0.116 e. The van der Waals surface area contributed by atoms with Crippen LogP contribution in [-0.4, -0.2) is 9.97 Å². The summed E-state index contributed by atoms with van der Waals surface area (Å²) in [7, 11) is 0. The first kappa shape index (κ1) is 9.15. The second kappa shape index (κ2) is 4.19. The van der Waals surface area contributed by atoms with Gasteiger partial charge in [-0.25, -0.2) is 4.98 Å². The zero-order chi connectivity index (χ0) is 9.80. The Bertz CT molecular complexity index is 398. The zero-order valence-electron chi connectivity index (χ0n) is 7.60. The number of rotatable bonds is 3. The van der Waals surface area contributed by atoms with Crippen molar-refractivity contribution in [2.24, 2.45) is 0 Å². The fourth-order valence-electron chi connectivity index (χ4n) is 1.13. The van der Waals surface area contributed by atoms with Gasteiger partial charge in [0, 0.05) is 23.0 Å². The Morgan fingerprint density at radius 3 is 2.93 bits per heavy atom.